The van der Waals surface area contributed by atoms with E-state index in [0.29, 0.717) is 12.3 Å². The van der Waals surface area contributed by atoms with Gasteiger partial charge in [-0.15, -0.1) is 0 Å². The molecule has 4 nitrogen and oxygen atoms in total. The third-order valence-corrected chi connectivity index (χ3v) is 5.15. The van der Waals surface area contributed by atoms with Crippen LogP contribution in [-0.2, 0) is 16.6 Å². The summed E-state index contributed by atoms with van der Waals surface area (Å²) in [6.45, 7) is 6.94. The lowest BCUT2D eigenvalue weighted by molar-refractivity contribution is -0.118. The molecule has 3 rings (SSSR count). The van der Waals surface area contributed by atoms with Gasteiger partial charge in [0.2, 0.25) is 5.91 Å². The highest BCUT2D eigenvalue weighted by molar-refractivity contribution is 8.00. The predicted octanol–water partition coefficient (Wildman–Crippen LogP) is 4.38. The number of rotatable bonds is 6. The number of benzene rings is 2. The Morgan fingerprint density at radius 1 is 1.00 bits per heavy atom. The monoisotopic (exact) mass is 379 g/mol. The van der Waals surface area contributed by atoms with Crippen LogP contribution in [-0.4, -0.2) is 28.2 Å². The van der Waals surface area contributed by atoms with E-state index in [0.717, 1.165) is 28.2 Å². The highest BCUT2D eigenvalue weighted by Gasteiger charge is 2.20. The first kappa shape index (κ1) is 19.4. The molecule has 27 heavy (non-hydrogen) atoms. The van der Waals surface area contributed by atoms with Crippen LogP contribution in [0.15, 0.2) is 59.6 Å². The van der Waals surface area contributed by atoms with Crippen LogP contribution in [0.2, 0.25) is 0 Å². The van der Waals surface area contributed by atoms with Crippen molar-refractivity contribution >= 4 is 28.6 Å². The Balaban J connectivity index is 1.64. The van der Waals surface area contributed by atoms with Gasteiger partial charge in [-0.3, -0.25) is 4.79 Å². The fraction of sp³-hybridized carbons (Fsp3) is 0.318. The van der Waals surface area contributed by atoms with E-state index < -0.39 is 0 Å². The SMILES string of the molecule is CC(C)(C)c1nc(SCC(=O)NCCc2ccccc2)c2ccccc2n1. The van der Waals surface area contributed by atoms with Crippen molar-refractivity contribution in [2.75, 3.05) is 12.3 Å². The molecule has 0 unspecified atom stereocenters. The summed E-state index contributed by atoms with van der Waals surface area (Å²) in [6.07, 6.45) is 0.835. The molecular weight excluding hydrogens is 354 g/mol. The number of amides is 1. The maximum atomic E-state index is 12.2. The normalized spacial score (nSPS) is 11.5. The average molecular weight is 380 g/mol. The number of hydrogen-bond donors (Lipinski definition) is 1. The van der Waals surface area contributed by atoms with E-state index >= 15 is 0 Å². The topological polar surface area (TPSA) is 54.9 Å². The highest BCUT2D eigenvalue weighted by Crippen LogP contribution is 2.28. The molecule has 0 saturated heterocycles. The molecule has 2 aromatic carbocycles. The molecule has 140 valence electrons. The Labute approximate surface area is 164 Å². The Morgan fingerprint density at radius 2 is 1.70 bits per heavy atom. The van der Waals surface area contributed by atoms with Crippen LogP contribution in [0.25, 0.3) is 10.9 Å². The van der Waals surface area contributed by atoms with Crippen molar-refractivity contribution in [1.29, 1.82) is 0 Å². The van der Waals surface area contributed by atoms with Crippen LogP contribution >= 0.6 is 11.8 Å². The molecule has 0 spiro atoms. The third kappa shape index (κ3) is 5.30. The molecule has 0 fully saturated rings. The summed E-state index contributed by atoms with van der Waals surface area (Å²) in [5, 5.41) is 4.85. The smallest absolute Gasteiger partial charge is 0.230 e. The second-order valence-electron chi connectivity index (χ2n) is 7.49. The number of fused-ring (bicyclic) bond motifs is 1. The van der Waals surface area contributed by atoms with Gasteiger partial charge in [0.05, 0.1) is 11.3 Å². The second kappa shape index (κ2) is 8.53. The van der Waals surface area contributed by atoms with Crippen molar-refractivity contribution in [1.82, 2.24) is 15.3 Å². The van der Waals surface area contributed by atoms with Gasteiger partial charge in [-0.2, -0.15) is 0 Å². The van der Waals surface area contributed by atoms with Crippen molar-refractivity contribution in [3.63, 3.8) is 0 Å². The van der Waals surface area contributed by atoms with Gasteiger partial charge in [-0.1, -0.05) is 81.1 Å². The number of para-hydroxylation sites is 1. The first-order chi connectivity index (χ1) is 12.9. The van der Waals surface area contributed by atoms with Crippen molar-refractivity contribution in [3.05, 3.63) is 66.0 Å². The van der Waals surface area contributed by atoms with Crippen LogP contribution in [0.5, 0.6) is 0 Å². The quantitative estimate of drug-likeness (QED) is 0.510. The first-order valence-electron chi connectivity index (χ1n) is 9.14. The number of carbonyl (C=O) groups excluding carboxylic acids is 1. The minimum absolute atomic E-state index is 0.0240. The summed E-state index contributed by atoms with van der Waals surface area (Å²) in [4.78, 5) is 21.7. The lowest BCUT2D eigenvalue weighted by Gasteiger charge is -2.18. The van der Waals surface area contributed by atoms with E-state index in [2.05, 4.69) is 38.2 Å². The maximum absolute atomic E-state index is 12.2. The zero-order valence-electron chi connectivity index (χ0n) is 16.0. The maximum Gasteiger partial charge on any atom is 0.230 e. The van der Waals surface area contributed by atoms with Gasteiger partial charge in [0, 0.05) is 17.3 Å². The molecule has 0 aliphatic heterocycles. The number of nitrogens with zero attached hydrogens (tertiary/aromatic N) is 2. The van der Waals surface area contributed by atoms with Crippen LogP contribution < -0.4 is 5.32 Å². The number of aromatic nitrogens is 2. The van der Waals surface area contributed by atoms with E-state index in [9.17, 15) is 4.79 Å². The van der Waals surface area contributed by atoms with Gasteiger partial charge in [-0.25, -0.2) is 9.97 Å². The molecule has 0 atom stereocenters. The van der Waals surface area contributed by atoms with Crippen molar-refractivity contribution < 1.29 is 4.79 Å². The number of hydrogen-bond acceptors (Lipinski definition) is 4. The van der Waals surface area contributed by atoms with Crippen LogP contribution in [0.4, 0.5) is 0 Å². The Morgan fingerprint density at radius 3 is 2.44 bits per heavy atom. The molecule has 1 amide bonds. The van der Waals surface area contributed by atoms with Crippen molar-refractivity contribution in [2.45, 2.75) is 37.6 Å². The van der Waals surface area contributed by atoms with Gasteiger partial charge >= 0.3 is 0 Å². The molecule has 3 aromatic rings. The molecule has 0 saturated carbocycles. The molecular formula is C22H25N3OS. The lowest BCUT2D eigenvalue weighted by Crippen LogP contribution is -2.27. The molecule has 0 aliphatic rings. The summed E-state index contributed by atoms with van der Waals surface area (Å²) in [5.41, 5.74) is 2.00. The predicted molar refractivity (Wildman–Crippen MR) is 112 cm³/mol. The molecule has 0 radical (unpaired) electrons. The standard InChI is InChI=1S/C22H25N3OS/c1-22(2,3)21-24-18-12-8-7-11-17(18)20(25-21)27-15-19(26)23-14-13-16-9-5-4-6-10-16/h4-12H,13-15H2,1-3H3,(H,23,26). The average Bonchev–Trinajstić information content (AvgIpc) is 2.66. The van der Waals surface area contributed by atoms with E-state index in [4.69, 9.17) is 9.97 Å². The second-order valence-corrected chi connectivity index (χ2v) is 8.46. The van der Waals surface area contributed by atoms with E-state index in [1.54, 1.807) is 0 Å². The summed E-state index contributed by atoms with van der Waals surface area (Å²) in [6, 6.07) is 18.1. The Hall–Kier alpha value is -2.40. The largest absolute Gasteiger partial charge is 0.355 e. The molecule has 0 bridgehead atoms. The fourth-order valence-electron chi connectivity index (χ4n) is 2.67. The highest BCUT2D eigenvalue weighted by atomic mass is 32.2. The molecule has 5 heteroatoms. The van der Waals surface area contributed by atoms with Crippen LogP contribution in [0.1, 0.15) is 32.2 Å². The van der Waals surface area contributed by atoms with Gasteiger partial charge in [-0.05, 0) is 18.1 Å². The first-order valence-corrected chi connectivity index (χ1v) is 10.1. The third-order valence-electron chi connectivity index (χ3n) is 4.16. The lowest BCUT2D eigenvalue weighted by atomic mass is 9.95. The summed E-state index contributed by atoms with van der Waals surface area (Å²) < 4.78 is 0. The zero-order valence-corrected chi connectivity index (χ0v) is 16.8. The molecule has 1 heterocycles. The van der Waals surface area contributed by atoms with Crippen LogP contribution in [0.3, 0.4) is 0 Å². The number of thioether (sulfide) groups is 1. The van der Waals surface area contributed by atoms with Gasteiger partial charge in [0.25, 0.3) is 0 Å². The van der Waals surface area contributed by atoms with Crippen molar-refractivity contribution in [2.24, 2.45) is 0 Å². The summed E-state index contributed by atoms with van der Waals surface area (Å²) >= 11 is 1.47. The number of carbonyl (C=O) groups is 1. The fourth-order valence-corrected chi connectivity index (χ4v) is 3.52. The summed E-state index contributed by atoms with van der Waals surface area (Å²) in [5.74, 6) is 1.17. The van der Waals surface area contributed by atoms with Gasteiger partial charge in [0.15, 0.2) is 0 Å². The number of nitrogens with one attached hydrogen (secondary N) is 1. The molecule has 1 N–H and O–H groups in total. The molecule has 1 aromatic heterocycles. The Kier molecular flexibility index (Phi) is 6.11. The van der Waals surface area contributed by atoms with Crippen LogP contribution in [0, 0.1) is 0 Å². The van der Waals surface area contributed by atoms with E-state index in [-0.39, 0.29) is 11.3 Å². The van der Waals surface area contributed by atoms with E-state index in [1.807, 2.05) is 42.5 Å². The Bertz CT molecular complexity index is 920. The minimum atomic E-state index is -0.142. The van der Waals surface area contributed by atoms with E-state index in [1.165, 1.54) is 17.3 Å². The van der Waals surface area contributed by atoms with Gasteiger partial charge < -0.3 is 5.32 Å². The minimum Gasteiger partial charge on any atom is -0.355 e. The van der Waals surface area contributed by atoms with Gasteiger partial charge in [0.1, 0.15) is 10.9 Å². The zero-order chi connectivity index (χ0) is 19.3. The van der Waals surface area contributed by atoms with Crippen molar-refractivity contribution in [3.8, 4) is 0 Å². The summed E-state index contributed by atoms with van der Waals surface area (Å²) in [7, 11) is 0. The molecule has 0 aliphatic carbocycles.